The molecule has 2 aromatic heterocycles. The van der Waals surface area contributed by atoms with Gasteiger partial charge in [-0.2, -0.15) is 0 Å². The monoisotopic (exact) mass is 430 g/mol. The minimum Gasteiger partial charge on any atom is -0.390 e. The highest BCUT2D eigenvalue weighted by Gasteiger charge is 2.28. The molecule has 160 valence electrons. The van der Waals surface area contributed by atoms with Crippen molar-refractivity contribution in [2.75, 3.05) is 38.0 Å². The zero-order valence-corrected chi connectivity index (χ0v) is 17.7. The van der Waals surface area contributed by atoms with E-state index < -0.39 is 6.10 Å². The summed E-state index contributed by atoms with van der Waals surface area (Å²) in [4.78, 5) is 37.2. The summed E-state index contributed by atoms with van der Waals surface area (Å²) in [5, 5.41) is 18.4. The Balaban J connectivity index is 1.22. The Kier molecular flexibility index (Phi) is 6.26. The van der Waals surface area contributed by atoms with Crippen LogP contribution in [-0.2, 0) is 17.8 Å². The Bertz CT molecular complexity index is 913. The molecule has 0 aromatic carbocycles. The highest BCUT2D eigenvalue weighted by atomic mass is 32.1. The van der Waals surface area contributed by atoms with Crippen LogP contribution in [0, 0.1) is 0 Å². The molecule has 0 aliphatic carbocycles. The topological polar surface area (TPSA) is 111 Å². The highest BCUT2D eigenvalue weighted by Crippen LogP contribution is 2.23. The third-order valence-corrected chi connectivity index (χ3v) is 6.46. The van der Waals surface area contributed by atoms with E-state index >= 15 is 0 Å². The number of aliphatic hydroxyl groups excluding tert-OH is 1. The molecule has 1 atom stereocenters. The summed E-state index contributed by atoms with van der Waals surface area (Å²) in [5.74, 6) is 0.246. The first-order chi connectivity index (χ1) is 14.5. The third kappa shape index (κ3) is 4.94. The summed E-state index contributed by atoms with van der Waals surface area (Å²) < 4.78 is 0. The molecule has 2 aliphatic rings. The Labute approximate surface area is 179 Å². The normalized spacial score (nSPS) is 17.7. The van der Waals surface area contributed by atoms with E-state index in [1.807, 2.05) is 0 Å². The Morgan fingerprint density at radius 2 is 2.20 bits per heavy atom. The van der Waals surface area contributed by atoms with Crippen LogP contribution in [0.2, 0.25) is 0 Å². The summed E-state index contributed by atoms with van der Waals surface area (Å²) >= 11 is 1.79. The number of nitrogens with zero attached hydrogens (tertiary/aromatic N) is 4. The van der Waals surface area contributed by atoms with E-state index in [4.69, 9.17) is 0 Å². The largest absolute Gasteiger partial charge is 0.390 e. The zero-order chi connectivity index (χ0) is 21.1. The van der Waals surface area contributed by atoms with Crippen molar-refractivity contribution >= 4 is 29.0 Å². The predicted molar refractivity (Wildman–Crippen MR) is 113 cm³/mol. The first-order valence-corrected chi connectivity index (χ1v) is 10.9. The Morgan fingerprint density at radius 1 is 1.37 bits per heavy atom. The number of fused-ring (bicyclic) bond motifs is 1. The average Bonchev–Trinajstić information content (AvgIpc) is 3.16. The molecular weight excluding hydrogens is 404 g/mol. The van der Waals surface area contributed by atoms with Crippen molar-refractivity contribution in [3.8, 4) is 0 Å². The number of carbonyl (C=O) groups is 2. The molecule has 4 rings (SSSR count). The molecule has 2 amide bonds. The first-order valence-electron chi connectivity index (χ1n) is 10.1. The van der Waals surface area contributed by atoms with E-state index in [2.05, 4.69) is 36.9 Å². The summed E-state index contributed by atoms with van der Waals surface area (Å²) in [6.45, 7) is 5.22. The fraction of sp³-hybridized carbons (Fsp3) is 0.500. The second kappa shape index (κ2) is 9.07. The maximum atomic E-state index is 12.4. The van der Waals surface area contributed by atoms with Crippen LogP contribution < -0.4 is 10.6 Å². The number of thiophene rings is 1. The summed E-state index contributed by atoms with van der Waals surface area (Å²) in [6.07, 6.45) is 1.69. The van der Waals surface area contributed by atoms with Crippen molar-refractivity contribution in [1.29, 1.82) is 0 Å². The second-order valence-corrected chi connectivity index (χ2v) is 8.77. The molecule has 0 spiro atoms. The van der Waals surface area contributed by atoms with Gasteiger partial charge in [0.05, 0.1) is 12.1 Å². The number of anilines is 1. The van der Waals surface area contributed by atoms with Gasteiger partial charge in [0, 0.05) is 57.1 Å². The molecule has 0 radical (unpaired) electrons. The summed E-state index contributed by atoms with van der Waals surface area (Å²) in [5.41, 5.74) is 1.57. The number of likely N-dealkylation sites (tertiary alicyclic amines) is 1. The molecule has 4 heterocycles. The van der Waals surface area contributed by atoms with E-state index in [9.17, 15) is 14.7 Å². The average molecular weight is 431 g/mol. The number of nitrogens with one attached hydrogen (secondary N) is 2. The molecule has 2 aliphatic heterocycles. The van der Waals surface area contributed by atoms with Gasteiger partial charge >= 0.3 is 0 Å². The van der Waals surface area contributed by atoms with Gasteiger partial charge in [0.2, 0.25) is 5.91 Å². The second-order valence-electron chi connectivity index (χ2n) is 7.77. The molecular formula is C20H26N6O3S. The van der Waals surface area contributed by atoms with Gasteiger partial charge in [-0.1, -0.05) is 0 Å². The van der Waals surface area contributed by atoms with Crippen LogP contribution in [0.4, 0.5) is 5.82 Å². The maximum Gasteiger partial charge on any atom is 0.270 e. The fourth-order valence-corrected chi connectivity index (χ4v) is 4.61. The van der Waals surface area contributed by atoms with Crippen LogP contribution in [0.3, 0.4) is 0 Å². The fourth-order valence-electron chi connectivity index (χ4n) is 3.72. The summed E-state index contributed by atoms with van der Waals surface area (Å²) in [6, 6.07) is 3.85. The van der Waals surface area contributed by atoms with Crippen molar-refractivity contribution in [2.45, 2.75) is 32.0 Å². The van der Waals surface area contributed by atoms with Crippen molar-refractivity contribution < 1.29 is 14.7 Å². The Morgan fingerprint density at radius 3 is 3.00 bits per heavy atom. The first kappa shape index (κ1) is 20.7. The van der Waals surface area contributed by atoms with Crippen molar-refractivity contribution in [3.05, 3.63) is 40.0 Å². The van der Waals surface area contributed by atoms with E-state index in [-0.39, 0.29) is 30.1 Å². The molecule has 30 heavy (non-hydrogen) atoms. The van der Waals surface area contributed by atoms with Crippen molar-refractivity contribution in [3.63, 3.8) is 0 Å². The molecule has 9 nitrogen and oxygen atoms in total. The number of aromatic nitrogens is 2. The minimum atomic E-state index is -0.652. The van der Waals surface area contributed by atoms with Crippen molar-refractivity contribution in [1.82, 2.24) is 25.1 Å². The van der Waals surface area contributed by atoms with Gasteiger partial charge in [0.1, 0.15) is 17.8 Å². The van der Waals surface area contributed by atoms with Gasteiger partial charge in [-0.3, -0.25) is 14.5 Å². The maximum absolute atomic E-state index is 12.4. The molecule has 2 aromatic rings. The third-order valence-electron chi connectivity index (χ3n) is 5.43. The lowest BCUT2D eigenvalue weighted by atomic mass is 10.1. The molecule has 3 N–H and O–H groups in total. The molecule has 0 bridgehead atoms. The number of hydrogen-bond acceptors (Lipinski definition) is 8. The van der Waals surface area contributed by atoms with Gasteiger partial charge in [0.25, 0.3) is 5.91 Å². The Hall–Kier alpha value is -2.56. The lowest BCUT2D eigenvalue weighted by molar-refractivity contribution is -0.132. The lowest BCUT2D eigenvalue weighted by Crippen LogP contribution is -2.56. The number of hydrogen-bond donors (Lipinski definition) is 3. The number of rotatable bonds is 7. The number of β-amino-alcohol motifs (C(OH)–C–C–N with tert-alkyl or cyclic N) is 1. The standard InChI is InChI=1S/C20H26N6O3S/c1-13(27)26-9-15(10-26)24-19-6-17(22-12-23-19)20(29)21-7-16(28)11-25-4-2-18-14(8-25)3-5-30-18/h3,5-6,12,15-16,28H,2,4,7-11H2,1H3,(H,21,29)(H,22,23,24). The van der Waals surface area contributed by atoms with Crippen LogP contribution in [0.5, 0.6) is 0 Å². The van der Waals surface area contributed by atoms with Gasteiger partial charge in [-0.05, 0) is 23.4 Å². The number of aliphatic hydroxyl groups is 1. The van der Waals surface area contributed by atoms with Gasteiger partial charge in [0.15, 0.2) is 0 Å². The van der Waals surface area contributed by atoms with Gasteiger partial charge < -0.3 is 20.6 Å². The smallest absolute Gasteiger partial charge is 0.270 e. The van der Waals surface area contributed by atoms with E-state index in [1.54, 1.807) is 29.2 Å². The van der Waals surface area contributed by atoms with Crippen LogP contribution >= 0.6 is 11.3 Å². The van der Waals surface area contributed by atoms with Crippen LogP contribution in [0.25, 0.3) is 0 Å². The SMILES string of the molecule is CC(=O)N1CC(Nc2cc(C(=O)NCC(O)CN3CCc4sccc4C3)ncn2)C1. The number of carbonyl (C=O) groups excluding carboxylic acids is 2. The zero-order valence-electron chi connectivity index (χ0n) is 16.9. The number of amides is 2. The lowest BCUT2D eigenvalue weighted by Gasteiger charge is -2.39. The molecule has 1 fully saturated rings. The van der Waals surface area contributed by atoms with Gasteiger partial charge in [-0.25, -0.2) is 9.97 Å². The van der Waals surface area contributed by atoms with E-state index in [0.29, 0.717) is 25.5 Å². The quantitative estimate of drug-likeness (QED) is 0.581. The van der Waals surface area contributed by atoms with E-state index in [0.717, 1.165) is 19.5 Å². The van der Waals surface area contributed by atoms with Crippen LogP contribution in [0.15, 0.2) is 23.8 Å². The predicted octanol–water partition coefficient (Wildman–Crippen LogP) is 0.330. The molecule has 1 saturated heterocycles. The van der Waals surface area contributed by atoms with Crippen LogP contribution in [-0.4, -0.2) is 81.6 Å². The summed E-state index contributed by atoms with van der Waals surface area (Å²) in [7, 11) is 0. The molecule has 1 unspecified atom stereocenters. The molecule has 10 heteroatoms. The van der Waals surface area contributed by atoms with Crippen molar-refractivity contribution in [2.24, 2.45) is 0 Å². The van der Waals surface area contributed by atoms with Gasteiger partial charge in [-0.15, -0.1) is 11.3 Å². The van der Waals surface area contributed by atoms with E-state index in [1.165, 1.54) is 16.8 Å². The van der Waals surface area contributed by atoms with Crippen LogP contribution in [0.1, 0.15) is 27.9 Å². The molecule has 0 saturated carbocycles. The highest BCUT2D eigenvalue weighted by molar-refractivity contribution is 7.10. The minimum absolute atomic E-state index is 0.0506.